The Bertz CT molecular complexity index is 927. The molecule has 0 rings (SSSR count). The summed E-state index contributed by atoms with van der Waals surface area (Å²) in [6, 6.07) is 0. The Morgan fingerprint density at radius 1 is 0.351 bits per heavy atom. The van der Waals surface area contributed by atoms with Crippen LogP contribution in [0.5, 0.6) is 0 Å². The molecule has 0 spiro atoms. The SMILES string of the molecule is CCCCCCCCCC/C=C\C/C=C\CCC(=O)OCC(COC(=O)CCCCCCCCCCCCC)OC(=O)CCCCCCCCCCCCCCC. The number of allylic oxidation sites excluding steroid dienone is 4. The maximum Gasteiger partial charge on any atom is 0.306 e. The molecule has 334 valence electrons. The zero-order valence-corrected chi connectivity index (χ0v) is 38.1. The van der Waals surface area contributed by atoms with Gasteiger partial charge in [-0.25, -0.2) is 0 Å². The van der Waals surface area contributed by atoms with Crippen molar-refractivity contribution < 1.29 is 28.6 Å². The Hall–Kier alpha value is -2.11. The maximum absolute atomic E-state index is 12.7. The fourth-order valence-electron chi connectivity index (χ4n) is 7.20. The molecule has 0 aliphatic carbocycles. The van der Waals surface area contributed by atoms with Crippen molar-refractivity contribution in [3.63, 3.8) is 0 Å². The number of hydrogen-bond acceptors (Lipinski definition) is 6. The second-order valence-corrected chi connectivity index (χ2v) is 16.7. The van der Waals surface area contributed by atoms with Crippen LogP contribution < -0.4 is 0 Å². The first kappa shape index (κ1) is 54.9. The van der Waals surface area contributed by atoms with E-state index < -0.39 is 6.10 Å². The van der Waals surface area contributed by atoms with E-state index in [4.69, 9.17) is 14.2 Å². The second kappa shape index (κ2) is 46.6. The number of rotatable bonds is 45. The van der Waals surface area contributed by atoms with Crippen LogP contribution in [0.4, 0.5) is 0 Å². The lowest BCUT2D eigenvalue weighted by atomic mass is 10.0. The third-order valence-electron chi connectivity index (χ3n) is 11.0. The van der Waals surface area contributed by atoms with Crippen LogP contribution in [-0.4, -0.2) is 37.2 Å². The number of carbonyl (C=O) groups is 3. The van der Waals surface area contributed by atoms with Gasteiger partial charge in [0.25, 0.3) is 0 Å². The number of carbonyl (C=O) groups excluding carboxylic acids is 3. The third kappa shape index (κ3) is 44.8. The zero-order chi connectivity index (χ0) is 41.5. The van der Waals surface area contributed by atoms with Gasteiger partial charge in [0, 0.05) is 19.3 Å². The van der Waals surface area contributed by atoms with E-state index in [-0.39, 0.29) is 37.5 Å². The van der Waals surface area contributed by atoms with E-state index in [2.05, 4.69) is 39.0 Å². The van der Waals surface area contributed by atoms with Crippen molar-refractivity contribution in [1.82, 2.24) is 0 Å². The molecule has 1 unspecified atom stereocenters. The molecule has 0 aliphatic rings. The van der Waals surface area contributed by atoms with Crippen molar-refractivity contribution in [1.29, 1.82) is 0 Å². The number of hydrogen-bond donors (Lipinski definition) is 0. The molecule has 0 saturated carbocycles. The number of unbranched alkanes of at least 4 members (excludes halogenated alkanes) is 30. The predicted molar refractivity (Wildman–Crippen MR) is 243 cm³/mol. The maximum atomic E-state index is 12.7. The molecule has 0 saturated heterocycles. The normalized spacial score (nSPS) is 12.1. The first-order valence-corrected chi connectivity index (χ1v) is 24.8. The molecule has 1 atom stereocenters. The van der Waals surface area contributed by atoms with E-state index in [1.54, 1.807) is 0 Å². The van der Waals surface area contributed by atoms with Gasteiger partial charge in [-0.15, -0.1) is 0 Å². The molecule has 0 amide bonds. The summed E-state index contributed by atoms with van der Waals surface area (Å²) in [6.07, 6.45) is 51.7. The first-order chi connectivity index (χ1) is 28.0. The van der Waals surface area contributed by atoms with Gasteiger partial charge in [-0.05, 0) is 38.5 Å². The van der Waals surface area contributed by atoms with Crippen molar-refractivity contribution in [2.45, 2.75) is 271 Å². The molecular weight excluding hydrogens is 709 g/mol. The highest BCUT2D eigenvalue weighted by atomic mass is 16.6. The fourth-order valence-corrected chi connectivity index (χ4v) is 7.20. The van der Waals surface area contributed by atoms with Gasteiger partial charge in [0.1, 0.15) is 13.2 Å². The van der Waals surface area contributed by atoms with Crippen molar-refractivity contribution in [2.75, 3.05) is 13.2 Å². The van der Waals surface area contributed by atoms with Gasteiger partial charge < -0.3 is 14.2 Å². The topological polar surface area (TPSA) is 78.9 Å². The van der Waals surface area contributed by atoms with E-state index in [1.807, 2.05) is 6.08 Å². The van der Waals surface area contributed by atoms with Gasteiger partial charge in [0.2, 0.25) is 0 Å². The lowest BCUT2D eigenvalue weighted by Gasteiger charge is -2.18. The van der Waals surface area contributed by atoms with E-state index in [0.717, 1.165) is 51.4 Å². The summed E-state index contributed by atoms with van der Waals surface area (Å²) in [5.41, 5.74) is 0. The summed E-state index contributed by atoms with van der Waals surface area (Å²) in [6.45, 7) is 6.59. The molecule has 0 aromatic rings. The summed E-state index contributed by atoms with van der Waals surface area (Å²) in [5.74, 6) is -0.944. The Morgan fingerprint density at radius 2 is 0.667 bits per heavy atom. The minimum Gasteiger partial charge on any atom is -0.462 e. The highest BCUT2D eigenvalue weighted by Gasteiger charge is 2.19. The highest BCUT2D eigenvalue weighted by molar-refractivity contribution is 5.71. The lowest BCUT2D eigenvalue weighted by molar-refractivity contribution is -0.166. The van der Waals surface area contributed by atoms with Crippen LogP contribution in [-0.2, 0) is 28.6 Å². The van der Waals surface area contributed by atoms with Crippen LogP contribution in [0, 0.1) is 0 Å². The molecule has 6 nitrogen and oxygen atoms in total. The summed E-state index contributed by atoms with van der Waals surface area (Å²) < 4.78 is 16.7. The molecule has 0 heterocycles. The molecular formula is C51H94O6. The van der Waals surface area contributed by atoms with Crippen LogP contribution in [0.25, 0.3) is 0 Å². The monoisotopic (exact) mass is 803 g/mol. The van der Waals surface area contributed by atoms with E-state index in [9.17, 15) is 14.4 Å². The predicted octanol–water partition coefficient (Wildman–Crippen LogP) is 16.0. The van der Waals surface area contributed by atoms with Gasteiger partial charge in [0.05, 0.1) is 0 Å². The Kier molecular flexibility index (Phi) is 44.9. The molecule has 0 radical (unpaired) electrons. The largest absolute Gasteiger partial charge is 0.462 e. The molecule has 6 heteroatoms. The van der Waals surface area contributed by atoms with Crippen LogP contribution >= 0.6 is 0 Å². The third-order valence-corrected chi connectivity index (χ3v) is 11.0. The first-order valence-electron chi connectivity index (χ1n) is 24.8. The smallest absolute Gasteiger partial charge is 0.306 e. The van der Waals surface area contributed by atoms with Crippen LogP contribution in [0.15, 0.2) is 24.3 Å². The van der Waals surface area contributed by atoms with Gasteiger partial charge in [-0.1, -0.05) is 231 Å². The van der Waals surface area contributed by atoms with Crippen molar-refractivity contribution >= 4 is 17.9 Å². The minimum absolute atomic E-state index is 0.0836. The van der Waals surface area contributed by atoms with Crippen molar-refractivity contribution in [3.05, 3.63) is 24.3 Å². The van der Waals surface area contributed by atoms with Crippen LogP contribution in [0.1, 0.15) is 265 Å². The molecule has 0 bridgehead atoms. The van der Waals surface area contributed by atoms with Crippen LogP contribution in [0.2, 0.25) is 0 Å². The summed E-state index contributed by atoms with van der Waals surface area (Å²) in [7, 11) is 0. The summed E-state index contributed by atoms with van der Waals surface area (Å²) in [4.78, 5) is 37.8. The molecule has 0 aromatic carbocycles. The van der Waals surface area contributed by atoms with Crippen molar-refractivity contribution in [2.24, 2.45) is 0 Å². The molecule has 0 fully saturated rings. The number of esters is 3. The average Bonchev–Trinajstić information content (AvgIpc) is 3.21. The Balaban J connectivity index is 4.40. The standard InChI is InChI=1S/C51H94O6/c1-4-7-10-13-16-19-22-24-25-27-29-32-35-38-41-44-50(53)56-47-48(46-55-49(52)43-40-37-34-31-28-21-18-15-12-9-6-3)57-51(54)45-42-39-36-33-30-26-23-20-17-14-11-8-5-2/h27,29,35,38,48H,4-26,28,30-34,36-37,39-47H2,1-3H3/b29-27-,38-35-. The van der Waals surface area contributed by atoms with E-state index in [0.29, 0.717) is 19.3 Å². The summed E-state index contributed by atoms with van der Waals surface area (Å²) in [5, 5.41) is 0. The number of ether oxygens (including phenoxy) is 3. The molecule has 57 heavy (non-hydrogen) atoms. The highest BCUT2D eigenvalue weighted by Crippen LogP contribution is 2.15. The summed E-state index contributed by atoms with van der Waals surface area (Å²) >= 11 is 0. The van der Waals surface area contributed by atoms with Gasteiger partial charge >= 0.3 is 17.9 Å². The molecule has 0 aromatic heterocycles. The van der Waals surface area contributed by atoms with Crippen LogP contribution in [0.3, 0.4) is 0 Å². The Morgan fingerprint density at radius 3 is 1.07 bits per heavy atom. The van der Waals surface area contributed by atoms with E-state index >= 15 is 0 Å². The minimum atomic E-state index is -0.786. The second-order valence-electron chi connectivity index (χ2n) is 16.7. The average molecular weight is 803 g/mol. The zero-order valence-electron chi connectivity index (χ0n) is 38.1. The fraction of sp³-hybridized carbons (Fsp3) is 0.863. The van der Waals surface area contributed by atoms with E-state index in [1.165, 1.54) is 167 Å². The Labute approximate surface area is 353 Å². The van der Waals surface area contributed by atoms with Gasteiger partial charge in [0.15, 0.2) is 6.10 Å². The van der Waals surface area contributed by atoms with Gasteiger partial charge in [-0.2, -0.15) is 0 Å². The quantitative estimate of drug-likeness (QED) is 0.0264. The lowest BCUT2D eigenvalue weighted by Crippen LogP contribution is -2.30. The van der Waals surface area contributed by atoms with Gasteiger partial charge in [-0.3, -0.25) is 14.4 Å². The molecule has 0 N–H and O–H groups in total. The van der Waals surface area contributed by atoms with Crippen molar-refractivity contribution in [3.8, 4) is 0 Å². The molecule has 0 aliphatic heterocycles.